The quantitative estimate of drug-likeness (QED) is 0.780. The Balaban J connectivity index is 3.17. The summed E-state index contributed by atoms with van der Waals surface area (Å²) in [4.78, 5) is 0. The Labute approximate surface area is 84.0 Å². The van der Waals surface area contributed by atoms with E-state index in [1.807, 2.05) is 20.8 Å². The number of phenolic OH excluding ortho intramolecular Hbond substituents is 2. The first kappa shape index (κ1) is 10.9. The third kappa shape index (κ3) is 1.99. The van der Waals surface area contributed by atoms with Gasteiger partial charge in [0.25, 0.3) is 0 Å². The first-order valence-corrected chi connectivity index (χ1v) is 4.64. The molecule has 0 radical (unpaired) electrons. The Morgan fingerprint density at radius 1 is 1.21 bits per heavy atom. The van der Waals surface area contributed by atoms with E-state index < -0.39 is 5.60 Å². The molecule has 0 saturated carbocycles. The van der Waals surface area contributed by atoms with Crippen molar-refractivity contribution >= 4 is 0 Å². The van der Waals surface area contributed by atoms with Crippen LogP contribution in [0.1, 0.15) is 26.3 Å². The molecule has 0 heterocycles. The van der Waals surface area contributed by atoms with Gasteiger partial charge in [-0.25, -0.2) is 0 Å². The maximum atomic E-state index is 9.61. The Morgan fingerprint density at radius 2 is 1.71 bits per heavy atom. The van der Waals surface area contributed by atoms with Crippen LogP contribution in [0, 0.1) is 0 Å². The van der Waals surface area contributed by atoms with E-state index in [0.29, 0.717) is 12.2 Å². The third-order valence-corrected chi connectivity index (χ3v) is 2.13. The summed E-state index contributed by atoms with van der Waals surface area (Å²) in [5, 5.41) is 19.2. The summed E-state index contributed by atoms with van der Waals surface area (Å²) in [7, 11) is 0. The van der Waals surface area contributed by atoms with Gasteiger partial charge < -0.3 is 14.9 Å². The van der Waals surface area contributed by atoms with E-state index in [2.05, 4.69) is 0 Å². The molecule has 3 nitrogen and oxygen atoms in total. The molecular formula is C11H16O3. The summed E-state index contributed by atoms with van der Waals surface area (Å²) >= 11 is 0. The van der Waals surface area contributed by atoms with E-state index in [4.69, 9.17) is 4.74 Å². The molecular weight excluding hydrogens is 180 g/mol. The van der Waals surface area contributed by atoms with E-state index in [1.54, 1.807) is 6.07 Å². The average molecular weight is 196 g/mol. The molecule has 0 spiro atoms. The van der Waals surface area contributed by atoms with Crippen LogP contribution in [0.15, 0.2) is 18.2 Å². The molecule has 14 heavy (non-hydrogen) atoms. The van der Waals surface area contributed by atoms with Gasteiger partial charge in [0, 0.05) is 6.61 Å². The predicted molar refractivity (Wildman–Crippen MR) is 54.4 cm³/mol. The standard InChI is InChI=1S/C11H16O3/c1-4-14-11(2,3)10-8(12)6-5-7-9(10)13/h5-7,12-13H,4H2,1-3H3. The summed E-state index contributed by atoms with van der Waals surface area (Å²) in [6.07, 6.45) is 0. The molecule has 0 bridgehead atoms. The molecule has 1 rings (SSSR count). The molecule has 0 fully saturated rings. The van der Waals surface area contributed by atoms with Crippen molar-refractivity contribution < 1.29 is 14.9 Å². The number of ether oxygens (including phenoxy) is 1. The maximum absolute atomic E-state index is 9.61. The number of hydrogen-bond donors (Lipinski definition) is 2. The molecule has 3 heteroatoms. The lowest BCUT2D eigenvalue weighted by Gasteiger charge is -2.26. The van der Waals surface area contributed by atoms with Gasteiger partial charge in [0.15, 0.2) is 0 Å². The van der Waals surface area contributed by atoms with Crippen LogP contribution >= 0.6 is 0 Å². The lowest BCUT2D eigenvalue weighted by molar-refractivity contribution is -0.0170. The highest BCUT2D eigenvalue weighted by atomic mass is 16.5. The first-order valence-electron chi connectivity index (χ1n) is 4.64. The van der Waals surface area contributed by atoms with Crippen molar-refractivity contribution in [1.29, 1.82) is 0 Å². The second-order valence-corrected chi connectivity index (χ2v) is 3.61. The smallest absolute Gasteiger partial charge is 0.125 e. The van der Waals surface area contributed by atoms with Crippen LogP contribution in [0.3, 0.4) is 0 Å². The highest BCUT2D eigenvalue weighted by Gasteiger charge is 2.27. The van der Waals surface area contributed by atoms with Gasteiger partial charge in [-0.05, 0) is 32.9 Å². The van der Waals surface area contributed by atoms with Crippen LogP contribution in [0.4, 0.5) is 0 Å². The minimum absolute atomic E-state index is 0.0588. The van der Waals surface area contributed by atoms with Gasteiger partial charge in [-0.3, -0.25) is 0 Å². The Hall–Kier alpha value is -1.22. The first-order chi connectivity index (χ1) is 6.49. The number of hydrogen-bond acceptors (Lipinski definition) is 3. The highest BCUT2D eigenvalue weighted by molar-refractivity contribution is 5.46. The van der Waals surface area contributed by atoms with Crippen LogP contribution in [-0.2, 0) is 10.3 Å². The van der Waals surface area contributed by atoms with E-state index in [0.717, 1.165) is 0 Å². The molecule has 1 aromatic carbocycles. The average Bonchev–Trinajstić information content (AvgIpc) is 2.02. The summed E-state index contributed by atoms with van der Waals surface area (Å²) in [5.74, 6) is 0.118. The second-order valence-electron chi connectivity index (χ2n) is 3.61. The zero-order valence-electron chi connectivity index (χ0n) is 8.74. The topological polar surface area (TPSA) is 49.7 Å². The van der Waals surface area contributed by atoms with Gasteiger partial charge in [0.1, 0.15) is 11.5 Å². The van der Waals surface area contributed by atoms with Gasteiger partial charge in [-0.2, -0.15) is 0 Å². The summed E-state index contributed by atoms with van der Waals surface area (Å²) in [6.45, 7) is 6.02. The molecule has 0 saturated heterocycles. The van der Waals surface area contributed by atoms with Crippen molar-refractivity contribution in [2.45, 2.75) is 26.4 Å². The molecule has 0 amide bonds. The molecule has 0 aromatic heterocycles. The second kappa shape index (κ2) is 3.88. The molecule has 2 N–H and O–H groups in total. The maximum Gasteiger partial charge on any atom is 0.125 e. The van der Waals surface area contributed by atoms with Crippen molar-refractivity contribution in [2.75, 3.05) is 6.61 Å². The lowest BCUT2D eigenvalue weighted by atomic mass is 9.96. The fourth-order valence-electron chi connectivity index (χ4n) is 1.58. The van der Waals surface area contributed by atoms with Gasteiger partial charge in [-0.15, -0.1) is 0 Å². The van der Waals surface area contributed by atoms with Crippen LogP contribution in [-0.4, -0.2) is 16.8 Å². The van der Waals surface area contributed by atoms with Crippen molar-refractivity contribution in [3.63, 3.8) is 0 Å². The fourth-order valence-corrected chi connectivity index (χ4v) is 1.58. The van der Waals surface area contributed by atoms with Crippen molar-refractivity contribution in [3.8, 4) is 11.5 Å². The monoisotopic (exact) mass is 196 g/mol. The summed E-state index contributed by atoms with van der Waals surface area (Å²) in [5.41, 5.74) is -0.244. The Bertz CT molecular complexity index is 298. The molecule has 0 atom stereocenters. The van der Waals surface area contributed by atoms with E-state index in [9.17, 15) is 10.2 Å². The SMILES string of the molecule is CCOC(C)(C)c1c(O)cccc1O. The fraction of sp³-hybridized carbons (Fsp3) is 0.455. The molecule has 0 unspecified atom stereocenters. The number of aromatic hydroxyl groups is 2. The Kier molecular flexibility index (Phi) is 3.01. The van der Waals surface area contributed by atoms with Gasteiger partial charge in [0.05, 0.1) is 11.2 Å². The van der Waals surface area contributed by atoms with Gasteiger partial charge in [-0.1, -0.05) is 6.07 Å². The molecule has 1 aromatic rings. The Morgan fingerprint density at radius 3 is 2.14 bits per heavy atom. The van der Waals surface area contributed by atoms with Crippen molar-refractivity contribution in [2.24, 2.45) is 0 Å². The lowest BCUT2D eigenvalue weighted by Crippen LogP contribution is -2.21. The largest absolute Gasteiger partial charge is 0.507 e. The van der Waals surface area contributed by atoms with Crippen LogP contribution < -0.4 is 0 Å². The predicted octanol–water partition coefficient (Wildman–Crippen LogP) is 2.37. The highest BCUT2D eigenvalue weighted by Crippen LogP contribution is 2.38. The number of benzene rings is 1. The summed E-state index contributed by atoms with van der Waals surface area (Å²) < 4.78 is 5.46. The minimum Gasteiger partial charge on any atom is -0.507 e. The molecule has 0 aliphatic heterocycles. The van der Waals surface area contributed by atoms with Crippen LogP contribution in [0.2, 0.25) is 0 Å². The number of phenols is 2. The van der Waals surface area contributed by atoms with Gasteiger partial charge >= 0.3 is 0 Å². The third-order valence-electron chi connectivity index (χ3n) is 2.13. The van der Waals surface area contributed by atoms with Crippen LogP contribution in [0.5, 0.6) is 11.5 Å². The number of rotatable bonds is 3. The zero-order chi connectivity index (χ0) is 10.8. The van der Waals surface area contributed by atoms with Crippen molar-refractivity contribution in [1.82, 2.24) is 0 Å². The summed E-state index contributed by atoms with van der Waals surface area (Å²) in [6, 6.07) is 4.67. The van der Waals surface area contributed by atoms with E-state index >= 15 is 0 Å². The molecule has 78 valence electrons. The van der Waals surface area contributed by atoms with Gasteiger partial charge in [0.2, 0.25) is 0 Å². The van der Waals surface area contributed by atoms with E-state index in [-0.39, 0.29) is 11.5 Å². The molecule has 0 aliphatic carbocycles. The zero-order valence-corrected chi connectivity index (χ0v) is 8.74. The van der Waals surface area contributed by atoms with E-state index in [1.165, 1.54) is 12.1 Å². The minimum atomic E-state index is -0.676. The normalized spacial score (nSPS) is 11.6. The van der Waals surface area contributed by atoms with Crippen LogP contribution in [0.25, 0.3) is 0 Å². The molecule has 0 aliphatic rings. The van der Waals surface area contributed by atoms with Crippen molar-refractivity contribution in [3.05, 3.63) is 23.8 Å².